The Morgan fingerprint density at radius 2 is 2.12 bits per heavy atom. The fourth-order valence-electron chi connectivity index (χ4n) is 0.994. The van der Waals surface area contributed by atoms with Gasteiger partial charge in [0.05, 0.1) is 11.6 Å². The number of primary sulfonamides is 1. The van der Waals surface area contributed by atoms with E-state index >= 15 is 0 Å². The summed E-state index contributed by atoms with van der Waals surface area (Å²) in [6.45, 7) is 0. The van der Waals surface area contributed by atoms with Crippen molar-refractivity contribution >= 4 is 26.0 Å². The van der Waals surface area contributed by atoms with Crippen LogP contribution in [-0.4, -0.2) is 20.5 Å². The zero-order chi connectivity index (χ0) is 12.5. The quantitative estimate of drug-likeness (QED) is 0.914. The Morgan fingerprint density at radius 1 is 1.56 bits per heavy atom. The van der Waals surface area contributed by atoms with Gasteiger partial charge in [-0.25, -0.2) is 27.3 Å². The molecule has 1 heterocycles. The number of ether oxygens (including phenoxy) is 1. The van der Waals surface area contributed by atoms with E-state index in [-0.39, 0.29) is 10.2 Å². The third-order valence-electron chi connectivity index (χ3n) is 1.63. The largest absolute Gasteiger partial charge is 0.493 e. The number of sulfonamides is 1. The Labute approximate surface area is 98.8 Å². The average molecular weight is 317 g/mol. The van der Waals surface area contributed by atoms with Crippen molar-refractivity contribution in [2.24, 2.45) is 5.14 Å². The molecule has 0 bridgehead atoms. The van der Waals surface area contributed by atoms with Crippen LogP contribution < -0.4 is 9.88 Å². The number of rotatable bonds is 3. The van der Waals surface area contributed by atoms with Crippen molar-refractivity contribution in [1.82, 2.24) is 4.98 Å². The predicted molar refractivity (Wildman–Crippen MR) is 54.8 cm³/mol. The topological polar surface area (TPSA) is 82.3 Å². The lowest BCUT2D eigenvalue weighted by atomic mass is 10.3. The van der Waals surface area contributed by atoms with Gasteiger partial charge in [-0.3, -0.25) is 0 Å². The van der Waals surface area contributed by atoms with Gasteiger partial charge >= 0.3 is 0 Å². The van der Waals surface area contributed by atoms with Crippen molar-refractivity contribution in [3.05, 3.63) is 16.2 Å². The first-order chi connectivity index (χ1) is 7.27. The number of halogens is 3. The van der Waals surface area contributed by atoms with Crippen LogP contribution in [0.5, 0.6) is 5.75 Å². The van der Waals surface area contributed by atoms with Gasteiger partial charge in [0.1, 0.15) is 0 Å². The van der Waals surface area contributed by atoms with Gasteiger partial charge in [-0.15, -0.1) is 0 Å². The second-order valence-corrected chi connectivity index (χ2v) is 5.07. The van der Waals surface area contributed by atoms with Crippen molar-refractivity contribution in [1.29, 1.82) is 0 Å². The monoisotopic (exact) mass is 316 g/mol. The van der Waals surface area contributed by atoms with Gasteiger partial charge in [-0.1, -0.05) is 0 Å². The molecule has 0 aliphatic heterocycles. The van der Waals surface area contributed by atoms with E-state index in [4.69, 9.17) is 5.14 Å². The van der Waals surface area contributed by atoms with E-state index in [0.717, 1.165) is 6.07 Å². The Bertz CT molecular complexity index is 507. The first-order valence-electron chi connectivity index (χ1n) is 3.82. The van der Waals surface area contributed by atoms with E-state index in [2.05, 4.69) is 25.7 Å². The van der Waals surface area contributed by atoms with E-state index in [0.29, 0.717) is 0 Å². The molecule has 1 aromatic rings. The Balaban J connectivity index is 3.52. The van der Waals surface area contributed by atoms with Crippen molar-refractivity contribution in [3.63, 3.8) is 0 Å². The fraction of sp³-hybridized carbons (Fsp3) is 0.286. The van der Waals surface area contributed by atoms with Crippen molar-refractivity contribution in [2.45, 2.75) is 11.5 Å². The van der Waals surface area contributed by atoms with Crippen LogP contribution >= 0.6 is 15.9 Å². The van der Waals surface area contributed by atoms with Gasteiger partial charge < -0.3 is 4.74 Å². The molecule has 1 rings (SSSR count). The summed E-state index contributed by atoms with van der Waals surface area (Å²) in [4.78, 5) is 3.26. The minimum atomic E-state index is -4.14. The molecular weight excluding hydrogens is 310 g/mol. The maximum Gasteiger partial charge on any atom is 0.284 e. The zero-order valence-electron chi connectivity index (χ0n) is 7.95. The molecule has 0 amide bonds. The van der Waals surface area contributed by atoms with Crippen LogP contribution in [0.15, 0.2) is 15.6 Å². The van der Waals surface area contributed by atoms with Crippen molar-refractivity contribution in [3.8, 4) is 5.75 Å². The summed E-state index contributed by atoms with van der Waals surface area (Å²) >= 11 is 2.90. The second kappa shape index (κ2) is 4.60. The van der Waals surface area contributed by atoms with Crippen molar-refractivity contribution in [2.75, 3.05) is 7.11 Å². The van der Waals surface area contributed by atoms with Gasteiger partial charge in [0.25, 0.3) is 16.4 Å². The van der Waals surface area contributed by atoms with Crippen LogP contribution in [0.3, 0.4) is 0 Å². The molecule has 0 spiro atoms. The van der Waals surface area contributed by atoms with Crippen LogP contribution in [0.25, 0.3) is 0 Å². The van der Waals surface area contributed by atoms with Gasteiger partial charge in [0, 0.05) is 0 Å². The molecule has 0 aliphatic rings. The molecule has 90 valence electrons. The van der Waals surface area contributed by atoms with Crippen LogP contribution in [0, 0.1) is 0 Å². The molecule has 0 saturated carbocycles. The van der Waals surface area contributed by atoms with Crippen LogP contribution in [0.4, 0.5) is 8.78 Å². The normalized spacial score (nSPS) is 11.9. The number of nitrogens with two attached hydrogens (primary N) is 1. The molecule has 0 saturated heterocycles. The highest BCUT2D eigenvalue weighted by Gasteiger charge is 2.23. The number of aromatic nitrogens is 1. The van der Waals surface area contributed by atoms with Crippen LogP contribution in [-0.2, 0) is 10.0 Å². The third-order valence-corrected chi connectivity index (χ3v) is 3.01. The number of pyridine rings is 1. The SMILES string of the molecule is COc1c(Br)cc(S(N)(=O)=O)nc1C(F)F. The molecule has 16 heavy (non-hydrogen) atoms. The molecule has 2 N–H and O–H groups in total. The molecule has 0 aliphatic carbocycles. The maximum atomic E-state index is 12.6. The van der Waals surface area contributed by atoms with E-state index < -0.39 is 27.2 Å². The third kappa shape index (κ3) is 2.66. The Hall–Kier alpha value is -0.800. The molecule has 9 heteroatoms. The van der Waals surface area contributed by atoms with Crippen LogP contribution in [0.2, 0.25) is 0 Å². The summed E-state index contributed by atoms with van der Waals surface area (Å²) in [7, 11) is -2.97. The lowest BCUT2D eigenvalue weighted by Crippen LogP contribution is -2.15. The summed E-state index contributed by atoms with van der Waals surface area (Å²) in [5.41, 5.74) is -0.777. The number of methoxy groups -OCH3 is 1. The summed E-state index contributed by atoms with van der Waals surface area (Å²) in [6.07, 6.45) is -2.96. The summed E-state index contributed by atoms with van der Waals surface area (Å²) < 4.78 is 51.8. The van der Waals surface area contributed by atoms with Crippen molar-refractivity contribution < 1.29 is 21.9 Å². The molecule has 0 atom stereocenters. The minimum absolute atomic E-state index is 0.0457. The number of nitrogens with zero attached hydrogens (tertiary/aromatic N) is 1. The fourth-order valence-corrected chi connectivity index (χ4v) is 2.23. The lowest BCUT2D eigenvalue weighted by molar-refractivity contribution is 0.140. The van der Waals surface area contributed by atoms with Gasteiger partial charge in [-0.05, 0) is 22.0 Å². The van der Waals surface area contributed by atoms with E-state index in [1.165, 1.54) is 7.11 Å². The average Bonchev–Trinajstić information content (AvgIpc) is 2.14. The summed E-state index contributed by atoms with van der Waals surface area (Å²) in [5, 5.41) is 4.15. The first kappa shape index (κ1) is 13.3. The molecule has 1 aromatic heterocycles. The number of alkyl halides is 2. The highest BCUT2D eigenvalue weighted by atomic mass is 79.9. The highest BCUT2D eigenvalue weighted by molar-refractivity contribution is 9.10. The maximum absolute atomic E-state index is 12.6. The summed E-state index contributed by atoms with van der Waals surface area (Å²) in [6, 6.07) is 1.00. The van der Waals surface area contributed by atoms with E-state index in [1.807, 2.05) is 0 Å². The van der Waals surface area contributed by atoms with Gasteiger partial charge in [0.15, 0.2) is 16.5 Å². The highest BCUT2D eigenvalue weighted by Crippen LogP contribution is 2.34. The first-order valence-corrected chi connectivity index (χ1v) is 6.16. The Kier molecular flexibility index (Phi) is 3.81. The molecular formula is C7H7BrF2N2O3S. The van der Waals surface area contributed by atoms with Gasteiger partial charge in [-0.2, -0.15) is 0 Å². The number of hydrogen-bond donors (Lipinski definition) is 1. The molecule has 0 fully saturated rings. The standard InChI is InChI=1S/C7H7BrF2N2O3S/c1-15-6-3(8)2-4(16(11,13)14)12-5(6)7(9)10/h2,7H,1H3,(H2,11,13,14). The zero-order valence-corrected chi connectivity index (χ0v) is 10.3. The van der Waals surface area contributed by atoms with Crippen LogP contribution in [0.1, 0.15) is 12.1 Å². The predicted octanol–water partition coefficient (Wildman–Crippen LogP) is 1.44. The van der Waals surface area contributed by atoms with E-state index in [1.54, 1.807) is 0 Å². The second-order valence-electron chi connectivity index (χ2n) is 2.71. The summed E-state index contributed by atoms with van der Waals surface area (Å²) in [5.74, 6) is -0.220. The number of hydrogen-bond acceptors (Lipinski definition) is 4. The molecule has 0 unspecified atom stereocenters. The Morgan fingerprint density at radius 3 is 2.50 bits per heavy atom. The molecule has 5 nitrogen and oxygen atoms in total. The molecule has 0 aromatic carbocycles. The smallest absolute Gasteiger partial charge is 0.284 e. The lowest BCUT2D eigenvalue weighted by Gasteiger charge is -2.10. The van der Waals surface area contributed by atoms with E-state index in [9.17, 15) is 17.2 Å². The van der Waals surface area contributed by atoms with Gasteiger partial charge in [0.2, 0.25) is 0 Å². The minimum Gasteiger partial charge on any atom is -0.493 e. The molecule has 0 radical (unpaired) electrons.